The fourth-order valence-corrected chi connectivity index (χ4v) is 4.79. The molecular weight excluding hydrogens is 437 g/mol. The van der Waals surface area contributed by atoms with Gasteiger partial charge in [-0.05, 0) is 67.7 Å². The SMILES string of the molecule is NC(=O)c1cccc(F)c1-c1cc(C(CN[C@H]2CCCNCC2)c2ccccc2)ccc1Cl. The maximum absolute atomic E-state index is 14.9. The zero-order valence-electron chi connectivity index (χ0n) is 18.5. The third-order valence-electron chi connectivity index (χ3n) is 6.33. The lowest BCUT2D eigenvalue weighted by molar-refractivity contribution is 0.100. The van der Waals surface area contributed by atoms with Crippen molar-refractivity contribution >= 4 is 17.5 Å². The van der Waals surface area contributed by atoms with Gasteiger partial charge in [0.2, 0.25) is 5.91 Å². The highest BCUT2D eigenvalue weighted by Crippen LogP contribution is 2.36. The lowest BCUT2D eigenvalue weighted by Crippen LogP contribution is -2.33. The third kappa shape index (κ3) is 5.61. The number of hydrogen-bond donors (Lipinski definition) is 3. The Morgan fingerprint density at radius 2 is 1.88 bits per heavy atom. The molecule has 2 atom stereocenters. The van der Waals surface area contributed by atoms with E-state index in [4.69, 9.17) is 17.3 Å². The van der Waals surface area contributed by atoms with Crippen molar-refractivity contribution < 1.29 is 9.18 Å². The lowest BCUT2D eigenvalue weighted by Gasteiger charge is -2.24. The summed E-state index contributed by atoms with van der Waals surface area (Å²) in [5, 5.41) is 7.58. The number of rotatable bonds is 7. The van der Waals surface area contributed by atoms with Gasteiger partial charge in [0, 0.05) is 40.2 Å². The summed E-state index contributed by atoms with van der Waals surface area (Å²) in [6.07, 6.45) is 3.38. The maximum Gasteiger partial charge on any atom is 0.249 e. The van der Waals surface area contributed by atoms with E-state index in [1.54, 1.807) is 6.07 Å². The van der Waals surface area contributed by atoms with Gasteiger partial charge in [-0.15, -0.1) is 0 Å². The van der Waals surface area contributed by atoms with Crippen molar-refractivity contribution in [3.63, 3.8) is 0 Å². The molecule has 1 fully saturated rings. The van der Waals surface area contributed by atoms with Crippen molar-refractivity contribution in [2.45, 2.75) is 31.2 Å². The molecule has 4 rings (SSSR count). The molecule has 6 heteroatoms. The molecule has 1 heterocycles. The predicted octanol–water partition coefficient (Wildman–Crippen LogP) is 5.11. The van der Waals surface area contributed by atoms with Crippen molar-refractivity contribution in [1.82, 2.24) is 10.6 Å². The Hall–Kier alpha value is -2.73. The fourth-order valence-electron chi connectivity index (χ4n) is 4.58. The van der Waals surface area contributed by atoms with Crippen LogP contribution in [0.5, 0.6) is 0 Å². The molecule has 0 bridgehead atoms. The summed E-state index contributed by atoms with van der Waals surface area (Å²) < 4.78 is 14.9. The van der Waals surface area contributed by atoms with Crippen molar-refractivity contribution in [3.05, 3.63) is 94.3 Å². The van der Waals surface area contributed by atoms with Crippen LogP contribution in [0.1, 0.15) is 46.7 Å². The molecule has 0 saturated carbocycles. The molecule has 172 valence electrons. The average Bonchev–Trinajstić information content (AvgIpc) is 3.10. The largest absolute Gasteiger partial charge is 0.366 e. The topological polar surface area (TPSA) is 67.2 Å². The Morgan fingerprint density at radius 3 is 2.67 bits per heavy atom. The number of primary amides is 1. The van der Waals surface area contributed by atoms with Gasteiger partial charge in [-0.25, -0.2) is 4.39 Å². The molecule has 1 aliphatic rings. The second-order valence-electron chi connectivity index (χ2n) is 8.52. The van der Waals surface area contributed by atoms with Crippen LogP contribution in [0.15, 0.2) is 66.7 Å². The average molecular weight is 466 g/mol. The third-order valence-corrected chi connectivity index (χ3v) is 6.66. The normalized spacial score (nSPS) is 17.3. The summed E-state index contributed by atoms with van der Waals surface area (Å²) >= 11 is 6.51. The monoisotopic (exact) mass is 465 g/mol. The number of amides is 1. The van der Waals surface area contributed by atoms with Gasteiger partial charge in [-0.3, -0.25) is 4.79 Å². The van der Waals surface area contributed by atoms with Gasteiger partial charge in [-0.2, -0.15) is 0 Å². The first-order valence-electron chi connectivity index (χ1n) is 11.4. The number of nitrogens with two attached hydrogens (primary N) is 1. The second-order valence-corrected chi connectivity index (χ2v) is 8.92. The molecule has 3 aromatic carbocycles. The van der Waals surface area contributed by atoms with Gasteiger partial charge in [0.15, 0.2) is 0 Å². The van der Waals surface area contributed by atoms with Crippen LogP contribution in [0.25, 0.3) is 11.1 Å². The van der Waals surface area contributed by atoms with Gasteiger partial charge in [-0.1, -0.05) is 54.1 Å². The summed E-state index contributed by atoms with van der Waals surface area (Å²) in [6.45, 7) is 2.82. The zero-order valence-corrected chi connectivity index (χ0v) is 19.2. The van der Waals surface area contributed by atoms with Gasteiger partial charge in [0.25, 0.3) is 0 Å². The molecule has 4 N–H and O–H groups in total. The Labute approximate surface area is 199 Å². The van der Waals surface area contributed by atoms with Crippen LogP contribution in [0, 0.1) is 5.82 Å². The Morgan fingerprint density at radius 1 is 1.06 bits per heavy atom. The summed E-state index contributed by atoms with van der Waals surface area (Å²) in [5.74, 6) is -1.16. The summed E-state index contributed by atoms with van der Waals surface area (Å²) in [4.78, 5) is 12.0. The number of carbonyl (C=O) groups is 1. The number of benzene rings is 3. The van der Waals surface area contributed by atoms with Crippen molar-refractivity contribution in [2.75, 3.05) is 19.6 Å². The molecule has 1 amide bonds. The summed E-state index contributed by atoms with van der Waals surface area (Å²) in [6, 6.07) is 20.7. The minimum Gasteiger partial charge on any atom is -0.366 e. The highest BCUT2D eigenvalue weighted by molar-refractivity contribution is 6.33. The summed E-state index contributed by atoms with van der Waals surface area (Å²) in [5.41, 5.74) is 8.44. The van der Waals surface area contributed by atoms with E-state index in [9.17, 15) is 9.18 Å². The molecule has 3 aromatic rings. The molecule has 1 aliphatic heterocycles. The Kier molecular flexibility index (Phi) is 7.76. The Balaban J connectivity index is 1.72. The lowest BCUT2D eigenvalue weighted by atomic mass is 9.88. The van der Waals surface area contributed by atoms with E-state index in [0.717, 1.165) is 50.0 Å². The van der Waals surface area contributed by atoms with Gasteiger partial charge in [0.1, 0.15) is 5.82 Å². The van der Waals surface area contributed by atoms with Gasteiger partial charge < -0.3 is 16.4 Å². The van der Waals surface area contributed by atoms with E-state index in [1.165, 1.54) is 18.2 Å². The van der Waals surface area contributed by atoms with Gasteiger partial charge >= 0.3 is 0 Å². The molecule has 0 spiro atoms. The summed E-state index contributed by atoms with van der Waals surface area (Å²) in [7, 11) is 0. The fraction of sp³-hybridized carbons (Fsp3) is 0.296. The molecular formula is C27H29ClFN3O. The number of nitrogens with one attached hydrogen (secondary N) is 2. The first-order chi connectivity index (χ1) is 16.0. The van der Waals surface area contributed by atoms with Crippen LogP contribution in [-0.4, -0.2) is 31.6 Å². The standard InChI is InChI=1S/C27H29ClFN3O/c28-24-12-11-19(16-22(24)26-21(27(30)33)9-4-10-25(26)29)23(18-6-2-1-3-7-18)17-32-20-8-5-14-31-15-13-20/h1-4,6-7,9-12,16,20,23,31-32H,5,8,13-15,17H2,(H2,30,33)/t20-,23?/m0/s1. The quantitative estimate of drug-likeness (QED) is 0.454. The highest BCUT2D eigenvalue weighted by Gasteiger charge is 2.22. The number of carbonyl (C=O) groups excluding carboxylic acids is 1. The first-order valence-corrected chi connectivity index (χ1v) is 11.8. The van der Waals surface area contributed by atoms with Gasteiger partial charge in [0.05, 0.1) is 0 Å². The highest BCUT2D eigenvalue weighted by atomic mass is 35.5. The Bertz CT molecular complexity index is 1100. The van der Waals surface area contributed by atoms with Crippen LogP contribution in [-0.2, 0) is 0 Å². The molecule has 0 aliphatic carbocycles. The van der Waals surface area contributed by atoms with E-state index in [0.29, 0.717) is 16.6 Å². The predicted molar refractivity (Wildman–Crippen MR) is 132 cm³/mol. The number of hydrogen-bond acceptors (Lipinski definition) is 3. The molecule has 33 heavy (non-hydrogen) atoms. The van der Waals surface area contributed by atoms with E-state index in [-0.39, 0.29) is 17.0 Å². The van der Waals surface area contributed by atoms with E-state index >= 15 is 0 Å². The molecule has 0 aromatic heterocycles. The van der Waals surface area contributed by atoms with E-state index in [1.807, 2.05) is 30.3 Å². The van der Waals surface area contributed by atoms with Crippen LogP contribution in [0.4, 0.5) is 4.39 Å². The first kappa shape index (κ1) is 23.4. The maximum atomic E-state index is 14.9. The molecule has 1 unspecified atom stereocenters. The van der Waals surface area contributed by atoms with Crippen LogP contribution in [0.2, 0.25) is 5.02 Å². The molecule has 0 radical (unpaired) electrons. The minimum atomic E-state index is -0.686. The molecule has 4 nitrogen and oxygen atoms in total. The van der Waals surface area contributed by atoms with Crippen molar-refractivity contribution in [2.24, 2.45) is 5.73 Å². The van der Waals surface area contributed by atoms with Crippen LogP contribution < -0.4 is 16.4 Å². The van der Waals surface area contributed by atoms with Crippen LogP contribution >= 0.6 is 11.6 Å². The zero-order chi connectivity index (χ0) is 23.2. The van der Waals surface area contributed by atoms with E-state index in [2.05, 4.69) is 22.8 Å². The second kappa shape index (κ2) is 10.9. The van der Waals surface area contributed by atoms with E-state index < -0.39 is 11.7 Å². The van der Waals surface area contributed by atoms with Crippen molar-refractivity contribution in [3.8, 4) is 11.1 Å². The minimum absolute atomic E-state index is 0.0437. The van der Waals surface area contributed by atoms with Crippen molar-refractivity contribution in [1.29, 1.82) is 0 Å². The smallest absolute Gasteiger partial charge is 0.249 e. The number of halogens is 2. The molecule has 1 saturated heterocycles. The van der Waals surface area contributed by atoms with Crippen LogP contribution in [0.3, 0.4) is 0 Å².